The molecule has 0 spiro atoms. The molecule has 34 heavy (non-hydrogen) atoms. The maximum Gasteiger partial charge on any atom is 0.271 e. The van der Waals surface area contributed by atoms with Crippen molar-refractivity contribution in [2.75, 3.05) is 23.7 Å². The van der Waals surface area contributed by atoms with Crippen molar-refractivity contribution in [1.82, 2.24) is 19.9 Å². The number of aromatic nitrogens is 3. The fourth-order valence-electron chi connectivity index (χ4n) is 5.22. The topological polar surface area (TPSA) is 109 Å². The molecule has 1 amide bonds. The molecule has 3 heterocycles. The fourth-order valence-corrected chi connectivity index (χ4v) is 5.94. The zero-order chi connectivity index (χ0) is 23.5. The molecule has 5 rings (SSSR count). The number of anilines is 3. The van der Waals surface area contributed by atoms with Gasteiger partial charge in [-0.25, -0.2) is 15.0 Å². The molecule has 9 heteroatoms. The summed E-state index contributed by atoms with van der Waals surface area (Å²) in [5.74, 6) is 0.547. The van der Waals surface area contributed by atoms with Crippen molar-refractivity contribution in [3.63, 3.8) is 0 Å². The Bertz CT molecular complexity index is 1150. The molecule has 2 aromatic heterocycles. The SMILES string of the molecule is CCc1nc(C(N)=O)c(Nc2ccc3ncsc3c2)nc1NC1CCC(N2CCCCC2)CC1. The number of nitrogens with zero attached hydrogens (tertiary/aromatic N) is 4. The predicted molar refractivity (Wildman–Crippen MR) is 138 cm³/mol. The van der Waals surface area contributed by atoms with Gasteiger partial charge in [0, 0.05) is 17.8 Å². The van der Waals surface area contributed by atoms with Crippen LogP contribution < -0.4 is 16.4 Å². The number of rotatable bonds is 7. The number of piperidine rings is 1. The summed E-state index contributed by atoms with van der Waals surface area (Å²) in [6, 6.07) is 6.96. The van der Waals surface area contributed by atoms with E-state index in [9.17, 15) is 4.79 Å². The number of fused-ring (bicyclic) bond motifs is 1. The summed E-state index contributed by atoms with van der Waals surface area (Å²) in [5.41, 5.74) is 10.2. The monoisotopic (exact) mass is 479 g/mol. The van der Waals surface area contributed by atoms with Crippen molar-refractivity contribution < 1.29 is 4.79 Å². The Balaban J connectivity index is 1.33. The second kappa shape index (κ2) is 10.2. The molecule has 1 aliphatic carbocycles. The van der Waals surface area contributed by atoms with Crippen molar-refractivity contribution in [1.29, 1.82) is 0 Å². The van der Waals surface area contributed by atoms with Crippen LogP contribution in [0.15, 0.2) is 23.7 Å². The van der Waals surface area contributed by atoms with Crippen LogP contribution in [0.25, 0.3) is 10.2 Å². The largest absolute Gasteiger partial charge is 0.366 e. The van der Waals surface area contributed by atoms with Gasteiger partial charge in [-0.3, -0.25) is 4.79 Å². The number of nitrogens with one attached hydrogen (secondary N) is 2. The molecule has 2 fully saturated rings. The summed E-state index contributed by atoms with van der Waals surface area (Å²) in [5, 5.41) is 6.92. The van der Waals surface area contributed by atoms with E-state index in [1.807, 2.05) is 30.6 Å². The molecule has 1 saturated carbocycles. The first-order valence-corrected chi connectivity index (χ1v) is 13.3. The van der Waals surface area contributed by atoms with Crippen molar-refractivity contribution in [3.8, 4) is 0 Å². The van der Waals surface area contributed by atoms with Crippen molar-refractivity contribution in [2.45, 2.75) is 70.4 Å². The van der Waals surface area contributed by atoms with Gasteiger partial charge in [-0.2, -0.15) is 0 Å². The lowest BCUT2D eigenvalue weighted by Crippen LogP contribution is -2.43. The molecule has 0 atom stereocenters. The molecule has 1 saturated heterocycles. The summed E-state index contributed by atoms with van der Waals surface area (Å²) >= 11 is 1.57. The van der Waals surface area contributed by atoms with E-state index in [1.54, 1.807) is 11.3 Å². The van der Waals surface area contributed by atoms with Crippen LogP contribution in [-0.4, -0.2) is 50.9 Å². The zero-order valence-electron chi connectivity index (χ0n) is 19.7. The second-order valence-corrected chi connectivity index (χ2v) is 10.2. The maximum absolute atomic E-state index is 12.2. The molecule has 1 aliphatic heterocycles. The molecule has 1 aromatic carbocycles. The molecule has 2 aliphatic rings. The van der Waals surface area contributed by atoms with Gasteiger partial charge in [0.05, 0.1) is 21.4 Å². The minimum atomic E-state index is -0.586. The van der Waals surface area contributed by atoms with Crippen LogP contribution in [0, 0.1) is 0 Å². The van der Waals surface area contributed by atoms with E-state index in [-0.39, 0.29) is 5.69 Å². The van der Waals surface area contributed by atoms with Crippen molar-refractivity contribution in [2.24, 2.45) is 5.73 Å². The number of amides is 1. The first kappa shape index (κ1) is 23.0. The quantitative estimate of drug-likeness (QED) is 0.451. The van der Waals surface area contributed by atoms with Gasteiger partial charge in [-0.15, -0.1) is 11.3 Å². The standard InChI is InChI=1S/C25H33N7OS/c1-2-19-24(28-16-6-9-18(10-7-16)32-12-4-3-5-13-32)31-25(22(30-19)23(26)33)29-17-8-11-20-21(14-17)34-15-27-20/h8,11,14-16,18H,2-7,9-10,12-13H2,1H3,(H2,26,33)(H2,28,29,31). The molecule has 0 unspecified atom stereocenters. The molecule has 4 N–H and O–H groups in total. The number of carbonyl (C=O) groups is 1. The molecule has 3 aromatic rings. The van der Waals surface area contributed by atoms with Crippen molar-refractivity contribution >= 4 is 44.8 Å². The van der Waals surface area contributed by atoms with E-state index in [0.29, 0.717) is 24.3 Å². The van der Waals surface area contributed by atoms with Gasteiger partial charge < -0.3 is 21.3 Å². The van der Waals surface area contributed by atoms with E-state index >= 15 is 0 Å². The number of nitrogens with two attached hydrogens (primary N) is 1. The van der Waals surface area contributed by atoms with E-state index in [1.165, 1.54) is 45.2 Å². The summed E-state index contributed by atoms with van der Waals surface area (Å²) in [6.07, 6.45) is 9.39. The third-order valence-electron chi connectivity index (χ3n) is 7.07. The Morgan fingerprint density at radius 3 is 2.65 bits per heavy atom. The average Bonchev–Trinajstić information content (AvgIpc) is 3.33. The van der Waals surface area contributed by atoms with Crippen LogP contribution in [0.1, 0.15) is 68.1 Å². The van der Waals surface area contributed by atoms with Gasteiger partial charge in [-0.1, -0.05) is 13.3 Å². The van der Waals surface area contributed by atoms with Crippen LogP contribution >= 0.6 is 11.3 Å². The van der Waals surface area contributed by atoms with Gasteiger partial charge >= 0.3 is 0 Å². The predicted octanol–water partition coefficient (Wildman–Crippen LogP) is 4.70. The minimum Gasteiger partial charge on any atom is -0.366 e. The summed E-state index contributed by atoms with van der Waals surface area (Å²) < 4.78 is 1.06. The number of benzene rings is 1. The number of hydrogen-bond acceptors (Lipinski definition) is 8. The van der Waals surface area contributed by atoms with Gasteiger partial charge in [0.2, 0.25) is 0 Å². The number of carbonyl (C=O) groups excluding carboxylic acids is 1. The summed E-state index contributed by atoms with van der Waals surface area (Å²) in [4.78, 5) is 28.6. The van der Waals surface area contributed by atoms with E-state index in [0.717, 1.165) is 40.3 Å². The highest BCUT2D eigenvalue weighted by Crippen LogP contribution is 2.30. The Kier molecular flexibility index (Phi) is 6.92. The van der Waals surface area contributed by atoms with Crippen LogP contribution in [0.2, 0.25) is 0 Å². The van der Waals surface area contributed by atoms with Gasteiger partial charge in [-0.05, 0) is 76.2 Å². The molecule has 0 bridgehead atoms. The maximum atomic E-state index is 12.2. The number of thiazole rings is 1. The van der Waals surface area contributed by atoms with Gasteiger partial charge in [0.1, 0.15) is 5.82 Å². The third-order valence-corrected chi connectivity index (χ3v) is 7.87. The first-order chi connectivity index (χ1) is 16.6. The lowest BCUT2D eigenvalue weighted by molar-refractivity contribution is 0.0996. The van der Waals surface area contributed by atoms with Gasteiger partial charge in [0.15, 0.2) is 11.5 Å². The summed E-state index contributed by atoms with van der Waals surface area (Å²) in [6.45, 7) is 4.54. The smallest absolute Gasteiger partial charge is 0.271 e. The molecular formula is C25H33N7OS. The van der Waals surface area contributed by atoms with Crippen LogP contribution in [0.4, 0.5) is 17.3 Å². The van der Waals surface area contributed by atoms with Crippen LogP contribution in [0.3, 0.4) is 0 Å². The second-order valence-electron chi connectivity index (χ2n) is 9.34. The molecule has 180 valence electrons. The normalized spacial score (nSPS) is 21.4. The van der Waals surface area contributed by atoms with E-state index in [2.05, 4.69) is 25.5 Å². The Morgan fingerprint density at radius 2 is 1.91 bits per heavy atom. The number of likely N-dealkylation sites (tertiary alicyclic amines) is 1. The Hall–Kier alpha value is -2.78. The van der Waals surface area contributed by atoms with Crippen molar-refractivity contribution in [3.05, 3.63) is 35.1 Å². The minimum absolute atomic E-state index is 0.167. The average molecular weight is 480 g/mol. The van der Waals surface area contributed by atoms with Crippen LogP contribution in [0.5, 0.6) is 0 Å². The van der Waals surface area contributed by atoms with E-state index < -0.39 is 5.91 Å². The Labute approximate surface area is 204 Å². The third kappa shape index (κ3) is 5.00. The number of primary amides is 1. The highest BCUT2D eigenvalue weighted by molar-refractivity contribution is 7.16. The van der Waals surface area contributed by atoms with Gasteiger partial charge in [0.25, 0.3) is 5.91 Å². The molecule has 0 radical (unpaired) electrons. The zero-order valence-corrected chi connectivity index (χ0v) is 20.5. The van der Waals surface area contributed by atoms with Crippen LogP contribution in [-0.2, 0) is 6.42 Å². The highest BCUT2D eigenvalue weighted by atomic mass is 32.1. The Morgan fingerprint density at radius 1 is 1.12 bits per heavy atom. The molecule has 8 nitrogen and oxygen atoms in total. The fraction of sp³-hybridized carbons (Fsp3) is 0.520. The van der Waals surface area contributed by atoms with E-state index in [4.69, 9.17) is 10.7 Å². The molecular weight excluding hydrogens is 446 g/mol. The lowest BCUT2D eigenvalue weighted by Gasteiger charge is -2.39. The highest BCUT2D eigenvalue weighted by Gasteiger charge is 2.28. The number of hydrogen-bond donors (Lipinski definition) is 3. The summed E-state index contributed by atoms with van der Waals surface area (Å²) in [7, 11) is 0. The first-order valence-electron chi connectivity index (χ1n) is 12.4. The lowest BCUT2D eigenvalue weighted by atomic mass is 9.89. The number of aryl methyl sites for hydroxylation is 1.